The van der Waals surface area contributed by atoms with Crippen molar-refractivity contribution in [3.63, 3.8) is 0 Å². The van der Waals surface area contributed by atoms with Crippen LogP contribution in [0, 0.1) is 0 Å². The zero-order valence-corrected chi connectivity index (χ0v) is 10.6. The molecule has 0 aliphatic carbocycles. The summed E-state index contributed by atoms with van der Waals surface area (Å²) in [6, 6.07) is 0. The van der Waals surface area contributed by atoms with Gasteiger partial charge in [0.2, 0.25) is 0 Å². The molecule has 1 unspecified atom stereocenters. The van der Waals surface area contributed by atoms with E-state index in [1.807, 2.05) is 0 Å². The van der Waals surface area contributed by atoms with Crippen molar-refractivity contribution in [1.29, 1.82) is 0 Å². The SMILES string of the molecule is COC1(C(F)(F)F)CCN(c2ncnc3nc[nH]c23)C1. The van der Waals surface area contributed by atoms with E-state index >= 15 is 0 Å². The van der Waals surface area contributed by atoms with Crippen LogP contribution < -0.4 is 4.90 Å². The molecule has 3 heterocycles. The molecule has 0 spiro atoms. The van der Waals surface area contributed by atoms with Gasteiger partial charge in [-0.15, -0.1) is 0 Å². The van der Waals surface area contributed by atoms with Crippen molar-refractivity contribution >= 4 is 17.0 Å². The molecule has 3 rings (SSSR count). The lowest BCUT2D eigenvalue weighted by atomic mass is 10.0. The van der Waals surface area contributed by atoms with E-state index in [1.165, 1.54) is 12.7 Å². The van der Waals surface area contributed by atoms with Crippen LogP contribution in [-0.2, 0) is 4.74 Å². The average molecular weight is 287 g/mol. The van der Waals surface area contributed by atoms with Crippen LogP contribution in [-0.4, -0.2) is 51.9 Å². The van der Waals surface area contributed by atoms with E-state index in [-0.39, 0.29) is 19.5 Å². The number of anilines is 1. The Hall–Kier alpha value is -1.90. The van der Waals surface area contributed by atoms with Gasteiger partial charge in [0.05, 0.1) is 12.9 Å². The van der Waals surface area contributed by atoms with Crippen molar-refractivity contribution < 1.29 is 17.9 Å². The second-order valence-corrected chi connectivity index (χ2v) is 4.67. The number of H-pyrrole nitrogens is 1. The van der Waals surface area contributed by atoms with Crippen LogP contribution in [0.25, 0.3) is 11.2 Å². The highest BCUT2D eigenvalue weighted by molar-refractivity contribution is 5.82. The number of fused-ring (bicyclic) bond motifs is 1. The molecule has 0 saturated carbocycles. The third-order valence-corrected chi connectivity index (χ3v) is 3.64. The molecular formula is C11H12F3N5O. The molecule has 0 radical (unpaired) electrons. The van der Waals surface area contributed by atoms with Gasteiger partial charge in [-0.05, 0) is 0 Å². The molecule has 0 amide bonds. The Balaban J connectivity index is 1.96. The second-order valence-electron chi connectivity index (χ2n) is 4.67. The van der Waals surface area contributed by atoms with Gasteiger partial charge < -0.3 is 14.6 Å². The minimum absolute atomic E-state index is 0.132. The molecule has 1 aliphatic heterocycles. The smallest absolute Gasteiger partial charge is 0.367 e. The fraction of sp³-hybridized carbons (Fsp3) is 0.545. The average Bonchev–Trinajstić information content (AvgIpc) is 3.04. The fourth-order valence-electron chi connectivity index (χ4n) is 2.47. The number of nitrogens with one attached hydrogen (secondary N) is 1. The van der Waals surface area contributed by atoms with E-state index in [1.54, 1.807) is 4.90 Å². The first-order chi connectivity index (χ1) is 9.47. The zero-order chi connectivity index (χ0) is 14.4. The number of rotatable bonds is 2. The highest BCUT2D eigenvalue weighted by Crippen LogP contribution is 2.41. The maximum Gasteiger partial charge on any atom is 0.419 e. The molecule has 20 heavy (non-hydrogen) atoms. The Kier molecular flexibility index (Phi) is 2.82. The van der Waals surface area contributed by atoms with Gasteiger partial charge in [-0.2, -0.15) is 13.2 Å². The van der Waals surface area contributed by atoms with Crippen molar-refractivity contribution in [2.75, 3.05) is 25.1 Å². The zero-order valence-electron chi connectivity index (χ0n) is 10.6. The molecule has 1 fully saturated rings. The van der Waals surface area contributed by atoms with Crippen LogP contribution in [0.4, 0.5) is 19.0 Å². The topological polar surface area (TPSA) is 66.9 Å². The quantitative estimate of drug-likeness (QED) is 0.907. The fourth-order valence-corrected chi connectivity index (χ4v) is 2.47. The standard InChI is InChI=1S/C11H12F3N5O/c1-20-10(11(12,13)14)2-3-19(4-10)9-7-8(16-5-15-7)17-6-18-9/h5-6H,2-4H2,1H3,(H,15,16,17,18). The molecule has 0 bridgehead atoms. The molecule has 1 atom stereocenters. The number of aromatic nitrogens is 4. The molecule has 6 nitrogen and oxygen atoms in total. The summed E-state index contributed by atoms with van der Waals surface area (Å²) in [7, 11) is 1.09. The van der Waals surface area contributed by atoms with E-state index < -0.39 is 11.8 Å². The summed E-state index contributed by atoms with van der Waals surface area (Å²) in [5, 5.41) is 0. The van der Waals surface area contributed by atoms with Gasteiger partial charge in [0.25, 0.3) is 0 Å². The summed E-state index contributed by atoms with van der Waals surface area (Å²) >= 11 is 0. The first-order valence-electron chi connectivity index (χ1n) is 5.98. The predicted octanol–water partition coefficient (Wildman–Crippen LogP) is 1.51. The summed E-state index contributed by atoms with van der Waals surface area (Å²) in [6.07, 6.45) is -1.82. The van der Waals surface area contributed by atoms with E-state index in [4.69, 9.17) is 4.74 Å². The third kappa shape index (κ3) is 1.80. The molecule has 0 aromatic carbocycles. The van der Waals surface area contributed by atoms with Crippen LogP contribution in [0.2, 0.25) is 0 Å². The van der Waals surface area contributed by atoms with Gasteiger partial charge in [-0.3, -0.25) is 0 Å². The number of alkyl halides is 3. The highest BCUT2D eigenvalue weighted by atomic mass is 19.4. The molecule has 1 N–H and O–H groups in total. The maximum absolute atomic E-state index is 13.2. The van der Waals surface area contributed by atoms with Crippen molar-refractivity contribution in [1.82, 2.24) is 19.9 Å². The Morgan fingerprint density at radius 1 is 1.35 bits per heavy atom. The molecule has 108 valence electrons. The van der Waals surface area contributed by atoms with Crippen LogP contribution in [0.15, 0.2) is 12.7 Å². The predicted molar refractivity (Wildman–Crippen MR) is 64.3 cm³/mol. The minimum atomic E-state index is -4.42. The molecular weight excluding hydrogens is 275 g/mol. The lowest BCUT2D eigenvalue weighted by Crippen LogP contribution is -2.49. The number of methoxy groups -OCH3 is 1. The van der Waals surface area contributed by atoms with Gasteiger partial charge in [0.15, 0.2) is 17.1 Å². The van der Waals surface area contributed by atoms with Gasteiger partial charge in [-0.25, -0.2) is 15.0 Å². The van der Waals surface area contributed by atoms with Gasteiger partial charge in [0, 0.05) is 20.1 Å². The van der Waals surface area contributed by atoms with E-state index in [0.29, 0.717) is 17.0 Å². The molecule has 1 saturated heterocycles. The van der Waals surface area contributed by atoms with Gasteiger partial charge in [-0.1, -0.05) is 0 Å². The van der Waals surface area contributed by atoms with E-state index in [2.05, 4.69) is 19.9 Å². The van der Waals surface area contributed by atoms with Crippen molar-refractivity contribution in [2.45, 2.75) is 18.2 Å². The normalized spacial score (nSPS) is 23.7. The summed E-state index contributed by atoms with van der Waals surface area (Å²) in [4.78, 5) is 16.4. The maximum atomic E-state index is 13.2. The third-order valence-electron chi connectivity index (χ3n) is 3.64. The van der Waals surface area contributed by atoms with Crippen LogP contribution in [0.1, 0.15) is 6.42 Å². The summed E-state index contributed by atoms with van der Waals surface area (Å²) in [5.41, 5.74) is -1.19. The lowest BCUT2D eigenvalue weighted by Gasteiger charge is -2.30. The molecule has 1 aliphatic rings. The number of aromatic amines is 1. The van der Waals surface area contributed by atoms with Crippen LogP contribution in [0.5, 0.6) is 0 Å². The van der Waals surface area contributed by atoms with Crippen LogP contribution in [0.3, 0.4) is 0 Å². The number of hydrogen-bond acceptors (Lipinski definition) is 5. The summed E-state index contributed by atoms with van der Waals surface area (Å²) < 4.78 is 44.2. The summed E-state index contributed by atoms with van der Waals surface area (Å²) in [5.74, 6) is 0.413. The second kappa shape index (κ2) is 4.30. The number of hydrogen-bond donors (Lipinski definition) is 1. The lowest BCUT2D eigenvalue weighted by molar-refractivity contribution is -0.260. The number of halogens is 3. The monoisotopic (exact) mass is 287 g/mol. The van der Waals surface area contributed by atoms with Gasteiger partial charge >= 0.3 is 6.18 Å². The highest BCUT2D eigenvalue weighted by Gasteiger charge is 2.59. The van der Waals surface area contributed by atoms with Crippen molar-refractivity contribution in [3.8, 4) is 0 Å². The Morgan fingerprint density at radius 3 is 2.80 bits per heavy atom. The van der Waals surface area contributed by atoms with Crippen molar-refractivity contribution in [2.24, 2.45) is 0 Å². The number of nitrogens with zero attached hydrogens (tertiary/aromatic N) is 4. The first-order valence-corrected chi connectivity index (χ1v) is 5.98. The Bertz CT molecular complexity index is 628. The Morgan fingerprint density at radius 2 is 2.15 bits per heavy atom. The van der Waals surface area contributed by atoms with E-state index in [9.17, 15) is 13.2 Å². The number of imidazole rings is 1. The largest absolute Gasteiger partial charge is 0.419 e. The van der Waals surface area contributed by atoms with Crippen LogP contribution >= 0.6 is 0 Å². The summed E-state index contributed by atoms with van der Waals surface area (Å²) in [6.45, 7) is -0.0867. The van der Waals surface area contributed by atoms with Crippen molar-refractivity contribution in [3.05, 3.63) is 12.7 Å². The van der Waals surface area contributed by atoms with Gasteiger partial charge in [0.1, 0.15) is 11.8 Å². The minimum Gasteiger partial charge on any atom is -0.367 e. The molecule has 9 heteroatoms. The molecule has 2 aromatic rings. The Labute approximate surface area is 112 Å². The van der Waals surface area contributed by atoms with E-state index in [0.717, 1.165) is 7.11 Å². The first kappa shape index (κ1) is 13.1. The molecule has 2 aromatic heterocycles. The number of ether oxygens (including phenoxy) is 1.